The molecule has 7 heteroatoms. The van der Waals surface area contributed by atoms with Gasteiger partial charge in [-0.1, -0.05) is 53.9 Å². The first-order valence-electron chi connectivity index (χ1n) is 8.86. The summed E-state index contributed by atoms with van der Waals surface area (Å²) in [4.78, 5) is 23.9. The third-order valence-corrected chi connectivity index (χ3v) is 5.01. The monoisotopic (exact) mass is 428 g/mol. The first-order valence-corrected chi connectivity index (χ1v) is 9.99. The summed E-state index contributed by atoms with van der Waals surface area (Å²) < 4.78 is 8.94. The van der Waals surface area contributed by atoms with Crippen LogP contribution in [-0.4, -0.2) is 26.9 Å². The maximum Gasteiger partial charge on any atom is 0.309 e. The van der Waals surface area contributed by atoms with Crippen molar-refractivity contribution in [1.29, 1.82) is 0 Å². The highest BCUT2D eigenvalue weighted by atomic mass is 35.6. The third-order valence-electron chi connectivity index (χ3n) is 3.65. The van der Waals surface area contributed by atoms with E-state index in [4.69, 9.17) is 44.3 Å². The Morgan fingerprint density at radius 3 is 1.96 bits per heavy atom. The van der Waals surface area contributed by atoms with Gasteiger partial charge in [-0.3, -0.25) is 9.59 Å². The van der Waals surface area contributed by atoms with Crippen molar-refractivity contribution >= 4 is 46.7 Å². The van der Waals surface area contributed by atoms with Gasteiger partial charge >= 0.3 is 11.9 Å². The highest BCUT2D eigenvalue weighted by molar-refractivity contribution is 6.68. The van der Waals surface area contributed by atoms with Gasteiger partial charge in [0.15, 0.2) is 5.60 Å². The number of carbonyl (C=O) groups excluding carboxylic acids is 2. The van der Waals surface area contributed by atoms with E-state index in [-0.39, 0.29) is 18.3 Å². The van der Waals surface area contributed by atoms with Crippen molar-refractivity contribution in [2.45, 2.75) is 88.6 Å². The van der Waals surface area contributed by atoms with Gasteiger partial charge in [-0.25, -0.2) is 0 Å². The van der Waals surface area contributed by atoms with Crippen LogP contribution in [0.3, 0.4) is 0 Å². The minimum Gasteiger partial charge on any atom is -0.460 e. The molecule has 0 N–H and O–H groups in total. The summed E-state index contributed by atoms with van der Waals surface area (Å²) >= 11 is 17.3. The van der Waals surface area contributed by atoms with Crippen molar-refractivity contribution in [1.82, 2.24) is 0 Å². The summed E-state index contributed by atoms with van der Waals surface area (Å²) in [6.45, 7) is 10.7. The molecule has 152 valence electrons. The maximum atomic E-state index is 12.1. The van der Waals surface area contributed by atoms with Crippen molar-refractivity contribution in [3.63, 3.8) is 0 Å². The lowest BCUT2D eigenvalue weighted by atomic mass is 10.00. The summed E-state index contributed by atoms with van der Waals surface area (Å²) in [6, 6.07) is 0. The molecule has 4 nitrogen and oxygen atoms in total. The Morgan fingerprint density at radius 2 is 1.50 bits per heavy atom. The number of carbonyl (C=O) groups is 2. The normalized spacial score (nSPS) is 14.3. The molecule has 1 atom stereocenters. The van der Waals surface area contributed by atoms with Gasteiger partial charge in [-0.15, -0.1) is 0 Å². The molecule has 0 heterocycles. The van der Waals surface area contributed by atoms with Gasteiger partial charge < -0.3 is 9.47 Å². The van der Waals surface area contributed by atoms with E-state index in [1.807, 2.05) is 39.8 Å². The molecule has 0 aromatic rings. The summed E-state index contributed by atoms with van der Waals surface area (Å²) in [7, 11) is 0. The predicted molar refractivity (Wildman–Crippen MR) is 108 cm³/mol. The smallest absolute Gasteiger partial charge is 0.309 e. The molecule has 0 aromatic carbocycles. The van der Waals surface area contributed by atoms with E-state index in [1.54, 1.807) is 13.8 Å². The molecule has 0 bridgehead atoms. The third kappa shape index (κ3) is 10.6. The number of ether oxygens (including phenoxy) is 2. The van der Waals surface area contributed by atoms with Crippen LogP contribution in [0.2, 0.25) is 0 Å². The number of hydrogen-bond acceptors (Lipinski definition) is 4. The molecule has 0 saturated carbocycles. The average Bonchev–Trinajstić information content (AvgIpc) is 2.42. The Kier molecular flexibility index (Phi) is 10.6. The first kappa shape index (κ1) is 25.6. The second-order valence-corrected chi connectivity index (χ2v) is 9.99. The van der Waals surface area contributed by atoms with E-state index >= 15 is 0 Å². The Hall–Kier alpha value is -0.450. The largest absolute Gasteiger partial charge is 0.460 e. The highest BCUT2D eigenvalue weighted by Gasteiger charge is 2.43. The fraction of sp³-hybridized carbons (Fsp3) is 0.789. The fourth-order valence-corrected chi connectivity index (χ4v) is 2.12. The molecule has 0 radical (unpaired) electrons. The zero-order valence-corrected chi connectivity index (χ0v) is 18.8. The summed E-state index contributed by atoms with van der Waals surface area (Å²) in [5, 5.41) is 0. The van der Waals surface area contributed by atoms with Crippen molar-refractivity contribution in [3.8, 4) is 0 Å². The maximum absolute atomic E-state index is 12.1. The van der Waals surface area contributed by atoms with E-state index in [2.05, 4.69) is 0 Å². The van der Waals surface area contributed by atoms with Crippen LogP contribution in [0.15, 0.2) is 12.2 Å². The molecule has 26 heavy (non-hydrogen) atoms. The summed E-state index contributed by atoms with van der Waals surface area (Å²) in [5.74, 6) is -0.703. The lowest BCUT2D eigenvalue weighted by molar-refractivity contribution is -0.160. The number of allylic oxidation sites excluding steroid dienone is 2. The fourth-order valence-electron chi connectivity index (χ4n) is 2.00. The van der Waals surface area contributed by atoms with Crippen LogP contribution in [-0.2, 0) is 19.1 Å². The molecule has 0 amide bonds. The van der Waals surface area contributed by atoms with Crippen LogP contribution in [0, 0.1) is 5.92 Å². The predicted octanol–water partition coefficient (Wildman–Crippen LogP) is 6.16. The number of alkyl halides is 3. The van der Waals surface area contributed by atoms with Gasteiger partial charge in [0.1, 0.15) is 5.60 Å². The van der Waals surface area contributed by atoms with Crippen LogP contribution in [0.4, 0.5) is 0 Å². The number of hydrogen-bond donors (Lipinski definition) is 0. The molecular weight excluding hydrogens is 399 g/mol. The minimum absolute atomic E-state index is 0.117. The first-order chi connectivity index (χ1) is 11.7. The Balaban J connectivity index is 4.21. The van der Waals surface area contributed by atoms with Gasteiger partial charge in [0.25, 0.3) is 0 Å². The topological polar surface area (TPSA) is 52.6 Å². The van der Waals surface area contributed by atoms with Crippen LogP contribution in [0.5, 0.6) is 0 Å². The van der Waals surface area contributed by atoms with Gasteiger partial charge in [-0.05, 0) is 60.3 Å². The molecule has 0 spiro atoms. The molecule has 0 aliphatic rings. The average molecular weight is 430 g/mol. The lowest BCUT2D eigenvalue weighted by Crippen LogP contribution is -2.41. The molecule has 0 aliphatic carbocycles. The molecule has 0 aliphatic heterocycles. The van der Waals surface area contributed by atoms with E-state index in [0.29, 0.717) is 12.8 Å². The summed E-state index contributed by atoms with van der Waals surface area (Å²) in [5.41, 5.74) is -1.67. The van der Waals surface area contributed by atoms with E-state index in [1.165, 1.54) is 0 Å². The minimum atomic E-state index is -1.69. The van der Waals surface area contributed by atoms with Crippen LogP contribution >= 0.6 is 34.8 Å². The molecule has 0 saturated heterocycles. The molecular formula is C19H31Cl3O4. The van der Waals surface area contributed by atoms with Crippen molar-refractivity contribution in [3.05, 3.63) is 12.2 Å². The van der Waals surface area contributed by atoms with Crippen molar-refractivity contribution in [2.75, 3.05) is 0 Å². The van der Waals surface area contributed by atoms with Crippen molar-refractivity contribution in [2.24, 2.45) is 5.92 Å². The molecule has 1 unspecified atom stereocenters. The summed E-state index contributed by atoms with van der Waals surface area (Å²) in [6.07, 6.45) is 6.77. The molecule has 0 fully saturated rings. The molecule has 0 aromatic heterocycles. The Bertz CT molecular complexity index is 488. The van der Waals surface area contributed by atoms with E-state index in [0.717, 1.165) is 12.8 Å². The van der Waals surface area contributed by atoms with Crippen molar-refractivity contribution < 1.29 is 19.1 Å². The lowest BCUT2D eigenvalue weighted by Gasteiger charge is -2.31. The Morgan fingerprint density at radius 1 is 0.962 bits per heavy atom. The van der Waals surface area contributed by atoms with E-state index < -0.39 is 21.0 Å². The molecule has 0 rings (SSSR count). The quantitative estimate of drug-likeness (QED) is 0.250. The van der Waals surface area contributed by atoms with Gasteiger partial charge in [0.05, 0.1) is 5.92 Å². The van der Waals surface area contributed by atoms with Gasteiger partial charge in [0, 0.05) is 6.42 Å². The standard InChI is InChI=1S/C19H31Cl3O4/c1-7-14(16(24)26-17(2,3)4)12-10-8-9-11-13-15(23)25-18(5,6)19(20,21)22/h8-9,14H,7,10-13H2,1-6H3/b9-8+. The van der Waals surface area contributed by atoms with Gasteiger partial charge in [0.2, 0.25) is 3.79 Å². The second kappa shape index (κ2) is 10.8. The van der Waals surface area contributed by atoms with Crippen LogP contribution < -0.4 is 0 Å². The number of esters is 2. The second-order valence-electron chi connectivity index (χ2n) is 7.71. The number of rotatable bonds is 9. The zero-order chi connectivity index (χ0) is 20.6. The van der Waals surface area contributed by atoms with Crippen LogP contribution in [0.1, 0.15) is 73.6 Å². The Labute approximate surface area is 172 Å². The van der Waals surface area contributed by atoms with Crippen LogP contribution in [0.25, 0.3) is 0 Å². The van der Waals surface area contributed by atoms with Gasteiger partial charge in [-0.2, -0.15) is 0 Å². The van der Waals surface area contributed by atoms with E-state index in [9.17, 15) is 9.59 Å². The number of halogens is 3. The zero-order valence-electron chi connectivity index (χ0n) is 16.5. The highest BCUT2D eigenvalue weighted by Crippen LogP contribution is 2.40. The SMILES string of the molecule is CCC(CC/C=C/CCC(=O)OC(C)(C)C(Cl)(Cl)Cl)C(=O)OC(C)(C)C.